The molecule has 0 saturated heterocycles. The van der Waals surface area contributed by atoms with Crippen molar-refractivity contribution < 1.29 is 8.42 Å². The molecule has 3 aromatic rings. The fourth-order valence-electron chi connectivity index (χ4n) is 1.98. The average Bonchev–Trinajstić information content (AvgIpc) is 2.84. The Morgan fingerprint density at radius 1 is 1.15 bits per heavy atom. The van der Waals surface area contributed by atoms with Gasteiger partial charge in [0.1, 0.15) is 0 Å². The van der Waals surface area contributed by atoms with Gasteiger partial charge in [0.2, 0.25) is 0 Å². The number of fused-ring (bicyclic) bond motifs is 1. The van der Waals surface area contributed by atoms with E-state index in [1.165, 1.54) is 18.3 Å². The summed E-state index contributed by atoms with van der Waals surface area (Å²) in [5, 5.41) is 4.58. The molecule has 1 aromatic heterocycles. The van der Waals surface area contributed by atoms with Gasteiger partial charge in [0.05, 0.1) is 16.6 Å². The van der Waals surface area contributed by atoms with Crippen LogP contribution in [0.25, 0.3) is 10.9 Å². The second-order valence-corrected chi connectivity index (χ2v) is 6.92. The molecule has 0 saturated carbocycles. The van der Waals surface area contributed by atoms with Gasteiger partial charge in [-0.3, -0.25) is 0 Å². The first-order valence-electron chi connectivity index (χ1n) is 5.73. The summed E-state index contributed by atoms with van der Waals surface area (Å²) in [6, 6.07) is 11.6. The van der Waals surface area contributed by atoms with Gasteiger partial charge in [0, 0.05) is 15.5 Å². The van der Waals surface area contributed by atoms with Crippen molar-refractivity contribution in [2.45, 2.75) is 4.90 Å². The summed E-state index contributed by atoms with van der Waals surface area (Å²) >= 11 is 3.31. The lowest BCUT2D eigenvalue weighted by Crippen LogP contribution is -2.14. The smallest absolute Gasteiger partial charge is 0.283 e. The highest BCUT2D eigenvalue weighted by Gasteiger charge is 2.20. The highest BCUT2D eigenvalue weighted by Crippen LogP contribution is 2.28. The molecule has 0 unspecified atom stereocenters. The molecular weight excluding hydrogens is 342 g/mol. The van der Waals surface area contributed by atoms with Crippen LogP contribution in [0, 0.1) is 0 Å². The van der Waals surface area contributed by atoms with Gasteiger partial charge in [-0.15, -0.1) is 0 Å². The van der Waals surface area contributed by atoms with E-state index in [9.17, 15) is 8.42 Å². The molecule has 0 atom stereocenters. The molecule has 0 spiro atoms. The lowest BCUT2D eigenvalue weighted by molar-refractivity contribution is 0.582. The minimum Gasteiger partial charge on any atom is -0.398 e. The van der Waals surface area contributed by atoms with Crippen LogP contribution in [0.3, 0.4) is 0 Å². The number of hydrogen-bond acceptors (Lipinski definition) is 4. The van der Waals surface area contributed by atoms with Crippen LogP contribution >= 0.6 is 15.9 Å². The SMILES string of the molecule is Nc1cc(Br)cc2c1cnn2S(=O)(=O)c1ccccc1. The first kappa shape index (κ1) is 13.1. The number of rotatable bonds is 2. The van der Waals surface area contributed by atoms with Crippen LogP contribution in [0.4, 0.5) is 5.69 Å². The third-order valence-corrected chi connectivity index (χ3v) is 4.99. The lowest BCUT2D eigenvalue weighted by atomic mass is 10.2. The molecule has 5 nitrogen and oxygen atoms in total. The van der Waals surface area contributed by atoms with Crippen LogP contribution in [-0.2, 0) is 10.0 Å². The van der Waals surface area contributed by atoms with Gasteiger partial charge in [-0.1, -0.05) is 34.1 Å². The number of nitrogens with zero attached hydrogens (tertiary/aromatic N) is 2. The van der Waals surface area contributed by atoms with Crippen LogP contribution in [-0.4, -0.2) is 17.6 Å². The summed E-state index contributed by atoms with van der Waals surface area (Å²) in [6.07, 6.45) is 1.46. The number of halogens is 1. The van der Waals surface area contributed by atoms with E-state index in [0.29, 0.717) is 21.1 Å². The maximum absolute atomic E-state index is 12.6. The minimum absolute atomic E-state index is 0.184. The van der Waals surface area contributed by atoms with E-state index in [2.05, 4.69) is 21.0 Å². The molecule has 0 aliphatic heterocycles. The largest absolute Gasteiger partial charge is 0.398 e. The lowest BCUT2D eigenvalue weighted by Gasteiger charge is -2.06. The molecule has 102 valence electrons. The van der Waals surface area contributed by atoms with Gasteiger partial charge in [0.25, 0.3) is 10.0 Å². The van der Waals surface area contributed by atoms with Crippen LogP contribution in [0.5, 0.6) is 0 Å². The summed E-state index contributed by atoms with van der Waals surface area (Å²) < 4.78 is 26.9. The van der Waals surface area contributed by atoms with E-state index in [1.807, 2.05) is 0 Å². The Morgan fingerprint density at radius 3 is 2.55 bits per heavy atom. The third-order valence-electron chi connectivity index (χ3n) is 2.92. The van der Waals surface area contributed by atoms with Gasteiger partial charge in [-0.05, 0) is 24.3 Å². The summed E-state index contributed by atoms with van der Waals surface area (Å²) in [5.41, 5.74) is 6.80. The fourth-order valence-corrected chi connectivity index (χ4v) is 3.72. The Hall–Kier alpha value is -1.86. The number of anilines is 1. The predicted octanol–water partition coefficient (Wildman–Crippen LogP) is 2.62. The second-order valence-electron chi connectivity index (χ2n) is 4.23. The second kappa shape index (κ2) is 4.60. The van der Waals surface area contributed by atoms with Crippen LogP contribution in [0.15, 0.2) is 58.0 Å². The minimum atomic E-state index is -3.73. The number of benzene rings is 2. The zero-order valence-electron chi connectivity index (χ0n) is 10.2. The molecule has 0 fully saturated rings. The molecule has 7 heteroatoms. The fraction of sp³-hybridized carbons (Fsp3) is 0. The van der Waals surface area contributed by atoms with Crippen molar-refractivity contribution in [3.63, 3.8) is 0 Å². The maximum atomic E-state index is 12.6. The van der Waals surface area contributed by atoms with Gasteiger partial charge >= 0.3 is 0 Å². The maximum Gasteiger partial charge on any atom is 0.283 e. The molecule has 2 aromatic carbocycles. The molecular formula is C13H10BrN3O2S. The first-order valence-corrected chi connectivity index (χ1v) is 7.97. The Bertz CT molecular complexity index is 889. The molecule has 0 radical (unpaired) electrons. The standard InChI is InChI=1S/C13H10BrN3O2S/c14-9-6-12(15)11-8-16-17(13(11)7-9)20(18,19)10-4-2-1-3-5-10/h1-8H,15H2. The molecule has 1 heterocycles. The number of nitrogens with two attached hydrogens (primary N) is 1. The Kier molecular flexibility index (Phi) is 3.02. The average molecular weight is 352 g/mol. The summed E-state index contributed by atoms with van der Waals surface area (Å²) in [7, 11) is -3.73. The first-order chi connectivity index (χ1) is 9.50. The van der Waals surface area contributed by atoms with E-state index in [4.69, 9.17) is 5.73 Å². The van der Waals surface area contributed by atoms with Crippen molar-refractivity contribution in [2.24, 2.45) is 0 Å². The molecule has 2 N–H and O–H groups in total. The van der Waals surface area contributed by atoms with E-state index in [1.54, 1.807) is 30.3 Å². The summed E-state index contributed by atoms with van der Waals surface area (Å²) in [6.45, 7) is 0. The Balaban J connectivity index is 2.31. The van der Waals surface area contributed by atoms with Gasteiger partial charge in [-0.2, -0.15) is 17.6 Å². The Labute approximate surface area is 124 Å². The molecule has 0 aliphatic rings. The van der Waals surface area contributed by atoms with Crippen LogP contribution in [0.2, 0.25) is 0 Å². The van der Waals surface area contributed by atoms with E-state index < -0.39 is 10.0 Å². The normalized spacial score (nSPS) is 11.8. The van der Waals surface area contributed by atoms with Crippen molar-refractivity contribution in [3.05, 3.63) is 53.1 Å². The number of aromatic nitrogens is 2. The topological polar surface area (TPSA) is 78.0 Å². The highest BCUT2D eigenvalue weighted by molar-refractivity contribution is 9.10. The van der Waals surface area contributed by atoms with Crippen LogP contribution < -0.4 is 5.73 Å². The number of nitrogen functional groups attached to an aromatic ring is 1. The van der Waals surface area contributed by atoms with Gasteiger partial charge < -0.3 is 5.73 Å². The third kappa shape index (κ3) is 1.99. The van der Waals surface area contributed by atoms with Crippen LogP contribution in [0.1, 0.15) is 0 Å². The molecule has 0 amide bonds. The highest BCUT2D eigenvalue weighted by atomic mass is 79.9. The zero-order valence-corrected chi connectivity index (χ0v) is 12.6. The molecule has 0 aliphatic carbocycles. The molecule has 3 rings (SSSR count). The zero-order chi connectivity index (χ0) is 14.3. The van der Waals surface area contributed by atoms with Crippen molar-refractivity contribution in [1.82, 2.24) is 9.19 Å². The van der Waals surface area contributed by atoms with Gasteiger partial charge in [0.15, 0.2) is 0 Å². The van der Waals surface area contributed by atoms with E-state index in [0.717, 1.165) is 4.09 Å². The van der Waals surface area contributed by atoms with Crippen molar-refractivity contribution in [3.8, 4) is 0 Å². The molecule has 0 bridgehead atoms. The predicted molar refractivity (Wildman–Crippen MR) is 80.9 cm³/mol. The monoisotopic (exact) mass is 351 g/mol. The van der Waals surface area contributed by atoms with Crippen molar-refractivity contribution in [2.75, 3.05) is 5.73 Å². The van der Waals surface area contributed by atoms with Gasteiger partial charge in [-0.25, -0.2) is 0 Å². The molecule has 20 heavy (non-hydrogen) atoms. The quantitative estimate of drug-likeness (QED) is 0.719. The van der Waals surface area contributed by atoms with E-state index >= 15 is 0 Å². The van der Waals surface area contributed by atoms with E-state index in [-0.39, 0.29) is 4.90 Å². The summed E-state index contributed by atoms with van der Waals surface area (Å²) in [4.78, 5) is 0.184. The Morgan fingerprint density at radius 2 is 1.85 bits per heavy atom. The number of hydrogen-bond donors (Lipinski definition) is 1. The summed E-state index contributed by atoms with van der Waals surface area (Å²) in [5.74, 6) is 0. The van der Waals surface area contributed by atoms with Crippen molar-refractivity contribution >= 4 is 42.5 Å². The van der Waals surface area contributed by atoms with Crippen molar-refractivity contribution in [1.29, 1.82) is 0 Å².